The van der Waals surface area contributed by atoms with E-state index >= 15 is 0 Å². The van der Waals surface area contributed by atoms with Crippen molar-refractivity contribution in [3.8, 4) is 0 Å². The van der Waals surface area contributed by atoms with Crippen LogP contribution in [-0.2, 0) is 23.0 Å². The van der Waals surface area contributed by atoms with Crippen molar-refractivity contribution in [3.05, 3.63) is 33.8 Å². The van der Waals surface area contributed by atoms with Crippen LogP contribution in [0.15, 0.2) is 17.6 Å². The smallest absolute Gasteiger partial charge is 0.350 e. The molecule has 0 spiro atoms. The molecule has 0 fully saturated rings. The molecule has 0 atom stereocenters. The van der Waals surface area contributed by atoms with Crippen LogP contribution in [-0.4, -0.2) is 28.8 Å². The number of hydrogen-bond donors (Lipinski definition) is 1. The molecule has 2 aromatic rings. The number of hydrogen-bond acceptors (Lipinski definition) is 5. The molecule has 2 rings (SSSR count). The second-order valence-corrected chi connectivity index (χ2v) is 5.20. The van der Waals surface area contributed by atoms with E-state index < -0.39 is 5.97 Å². The molecule has 1 N–H and O–H groups in total. The maximum atomic E-state index is 12.0. The zero-order chi connectivity index (χ0) is 14.7. The Morgan fingerprint density at radius 1 is 1.50 bits per heavy atom. The molecule has 106 valence electrons. The lowest BCUT2D eigenvalue weighted by Gasteiger charge is -2.06. The van der Waals surface area contributed by atoms with Gasteiger partial charge in [-0.2, -0.15) is 5.10 Å². The number of carbonyl (C=O) groups excluding carboxylic acids is 2. The number of ether oxygens (including phenoxy) is 1. The van der Waals surface area contributed by atoms with Gasteiger partial charge in [-0.05, 0) is 23.9 Å². The summed E-state index contributed by atoms with van der Waals surface area (Å²) in [6, 6.07) is 1.78. The summed E-state index contributed by atoms with van der Waals surface area (Å²) in [5, 5.41) is 8.70. The van der Waals surface area contributed by atoms with Gasteiger partial charge in [0.1, 0.15) is 4.88 Å². The van der Waals surface area contributed by atoms with Gasteiger partial charge >= 0.3 is 5.97 Å². The summed E-state index contributed by atoms with van der Waals surface area (Å²) in [6.45, 7) is 1.83. The van der Waals surface area contributed by atoms with Gasteiger partial charge in [-0.25, -0.2) is 4.79 Å². The van der Waals surface area contributed by atoms with E-state index in [0.717, 1.165) is 5.56 Å². The molecular weight excluding hydrogens is 278 g/mol. The molecule has 20 heavy (non-hydrogen) atoms. The fourth-order valence-electron chi connectivity index (χ4n) is 1.75. The molecule has 0 aliphatic rings. The van der Waals surface area contributed by atoms with Crippen LogP contribution in [0.1, 0.15) is 20.9 Å². The number of thiophene rings is 1. The van der Waals surface area contributed by atoms with Crippen LogP contribution in [0, 0.1) is 6.92 Å². The highest BCUT2D eigenvalue weighted by atomic mass is 32.1. The minimum atomic E-state index is -0.448. The summed E-state index contributed by atoms with van der Waals surface area (Å²) in [6.07, 6.45) is 1.94. The number of aromatic nitrogens is 2. The van der Waals surface area contributed by atoms with Crippen LogP contribution in [0.25, 0.3) is 0 Å². The number of esters is 1. The second-order valence-electron chi connectivity index (χ2n) is 4.32. The SMILES string of the molecule is COC(=O)c1scc(C)c1NC(=O)Cc1ccn(C)n1. The van der Waals surface area contributed by atoms with E-state index in [1.807, 2.05) is 12.3 Å². The zero-order valence-corrected chi connectivity index (χ0v) is 12.3. The molecule has 0 aromatic carbocycles. The molecule has 6 nitrogen and oxygen atoms in total. The Balaban J connectivity index is 2.11. The second kappa shape index (κ2) is 5.87. The first kappa shape index (κ1) is 14.3. The van der Waals surface area contributed by atoms with E-state index in [9.17, 15) is 9.59 Å². The number of aryl methyl sites for hydroxylation is 2. The lowest BCUT2D eigenvalue weighted by molar-refractivity contribution is -0.115. The van der Waals surface area contributed by atoms with Crippen molar-refractivity contribution >= 4 is 28.9 Å². The third kappa shape index (κ3) is 3.05. The van der Waals surface area contributed by atoms with Crippen LogP contribution < -0.4 is 5.32 Å². The van der Waals surface area contributed by atoms with Gasteiger partial charge in [0.15, 0.2) is 0 Å². The van der Waals surface area contributed by atoms with Crippen LogP contribution in [0.3, 0.4) is 0 Å². The molecule has 7 heteroatoms. The summed E-state index contributed by atoms with van der Waals surface area (Å²) in [5.74, 6) is -0.661. The topological polar surface area (TPSA) is 73.2 Å². The lowest BCUT2D eigenvalue weighted by Crippen LogP contribution is -2.17. The average Bonchev–Trinajstić information content (AvgIpc) is 2.96. The Morgan fingerprint density at radius 3 is 2.85 bits per heavy atom. The Morgan fingerprint density at radius 2 is 2.25 bits per heavy atom. The van der Waals surface area contributed by atoms with Gasteiger partial charge in [-0.1, -0.05) is 0 Å². The van der Waals surface area contributed by atoms with Crippen molar-refractivity contribution in [2.24, 2.45) is 7.05 Å². The average molecular weight is 293 g/mol. The summed E-state index contributed by atoms with van der Waals surface area (Å²) < 4.78 is 6.34. The molecular formula is C13H15N3O3S. The van der Waals surface area contributed by atoms with E-state index in [2.05, 4.69) is 10.4 Å². The fraction of sp³-hybridized carbons (Fsp3) is 0.308. The van der Waals surface area contributed by atoms with Gasteiger partial charge in [-0.15, -0.1) is 11.3 Å². The summed E-state index contributed by atoms with van der Waals surface area (Å²) in [4.78, 5) is 24.0. The van der Waals surface area contributed by atoms with Crippen molar-refractivity contribution in [2.45, 2.75) is 13.3 Å². The Hall–Kier alpha value is -2.15. The molecule has 0 saturated heterocycles. The largest absolute Gasteiger partial charge is 0.465 e. The van der Waals surface area contributed by atoms with Gasteiger partial charge in [0.2, 0.25) is 5.91 Å². The predicted molar refractivity (Wildman–Crippen MR) is 75.9 cm³/mol. The fourth-order valence-corrected chi connectivity index (χ4v) is 2.67. The van der Waals surface area contributed by atoms with Gasteiger partial charge in [0, 0.05) is 13.2 Å². The zero-order valence-electron chi connectivity index (χ0n) is 11.5. The monoisotopic (exact) mass is 293 g/mol. The first-order valence-electron chi connectivity index (χ1n) is 5.96. The van der Waals surface area contributed by atoms with Gasteiger partial charge in [0.25, 0.3) is 0 Å². The van der Waals surface area contributed by atoms with Crippen molar-refractivity contribution in [1.29, 1.82) is 0 Å². The number of methoxy groups -OCH3 is 1. The highest BCUT2D eigenvalue weighted by Gasteiger charge is 2.18. The maximum absolute atomic E-state index is 12.0. The highest BCUT2D eigenvalue weighted by Crippen LogP contribution is 2.28. The van der Waals surface area contributed by atoms with Crippen molar-refractivity contribution < 1.29 is 14.3 Å². The van der Waals surface area contributed by atoms with E-state index in [1.165, 1.54) is 18.4 Å². The summed E-state index contributed by atoms with van der Waals surface area (Å²) in [7, 11) is 3.11. The van der Waals surface area contributed by atoms with Crippen LogP contribution >= 0.6 is 11.3 Å². The summed E-state index contributed by atoms with van der Waals surface area (Å²) in [5.41, 5.74) is 2.03. The van der Waals surface area contributed by atoms with Crippen LogP contribution in [0.5, 0.6) is 0 Å². The number of amides is 1. The van der Waals surface area contributed by atoms with E-state index in [0.29, 0.717) is 16.3 Å². The molecule has 0 aliphatic carbocycles. The number of anilines is 1. The lowest BCUT2D eigenvalue weighted by atomic mass is 10.2. The first-order valence-corrected chi connectivity index (χ1v) is 6.84. The summed E-state index contributed by atoms with van der Waals surface area (Å²) >= 11 is 1.25. The maximum Gasteiger partial charge on any atom is 0.350 e. The van der Waals surface area contributed by atoms with Crippen molar-refractivity contribution in [2.75, 3.05) is 12.4 Å². The number of nitrogens with zero attached hydrogens (tertiary/aromatic N) is 2. The first-order chi connectivity index (χ1) is 9.51. The van der Waals surface area contributed by atoms with Gasteiger partial charge < -0.3 is 10.1 Å². The molecule has 2 heterocycles. The Kier molecular flexibility index (Phi) is 4.19. The van der Waals surface area contributed by atoms with Crippen LogP contribution in [0.2, 0.25) is 0 Å². The molecule has 1 amide bonds. The normalized spacial score (nSPS) is 10.3. The van der Waals surface area contributed by atoms with E-state index in [4.69, 9.17) is 4.74 Å². The molecule has 0 radical (unpaired) electrons. The number of nitrogens with one attached hydrogen (secondary N) is 1. The predicted octanol–water partition coefficient (Wildman–Crippen LogP) is 1.76. The van der Waals surface area contributed by atoms with Crippen LogP contribution in [0.4, 0.5) is 5.69 Å². The molecule has 0 bridgehead atoms. The third-order valence-electron chi connectivity index (χ3n) is 2.72. The molecule has 0 aliphatic heterocycles. The molecule has 0 saturated carbocycles. The third-order valence-corrected chi connectivity index (χ3v) is 3.80. The minimum absolute atomic E-state index is 0.163. The number of carbonyl (C=O) groups is 2. The number of rotatable bonds is 4. The standard InChI is InChI=1S/C13H15N3O3S/c1-8-7-20-12(13(18)19-3)11(8)14-10(17)6-9-4-5-16(2)15-9/h4-5,7H,6H2,1-3H3,(H,14,17). The van der Waals surface area contributed by atoms with E-state index in [1.54, 1.807) is 24.0 Å². The van der Waals surface area contributed by atoms with Gasteiger partial charge in [-0.3, -0.25) is 9.48 Å². The highest BCUT2D eigenvalue weighted by molar-refractivity contribution is 7.12. The Bertz CT molecular complexity index is 645. The van der Waals surface area contributed by atoms with Crippen molar-refractivity contribution in [1.82, 2.24) is 9.78 Å². The quantitative estimate of drug-likeness (QED) is 0.872. The molecule has 2 aromatic heterocycles. The Labute approximate surface area is 120 Å². The minimum Gasteiger partial charge on any atom is -0.465 e. The van der Waals surface area contributed by atoms with Crippen molar-refractivity contribution in [3.63, 3.8) is 0 Å². The van der Waals surface area contributed by atoms with E-state index in [-0.39, 0.29) is 12.3 Å². The molecule has 0 unspecified atom stereocenters. The van der Waals surface area contributed by atoms with Gasteiger partial charge in [0.05, 0.1) is 24.9 Å².